The Morgan fingerprint density at radius 3 is 2.55 bits per heavy atom. The molecule has 0 unspecified atom stereocenters. The molecular formula is C26H22N4O. The lowest BCUT2D eigenvalue weighted by molar-refractivity contribution is 0.245. The fraction of sp³-hybridized carbons (Fsp3) is 0.0769. The highest BCUT2D eigenvalue weighted by atomic mass is 16.2. The molecule has 0 saturated carbocycles. The van der Waals surface area contributed by atoms with Crippen LogP contribution in [0.4, 0.5) is 10.5 Å². The molecule has 5 nitrogen and oxygen atoms in total. The van der Waals surface area contributed by atoms with Gasteiger partial charge in [0.25, 0.3) is 0 Å². The van der Waals surface area contributed by atoms with E-state index in [2.05, 4.69) is 34.6 Å². The maximum Gasteiger partial charge on any atom is 0.322 e. The maximum atomic E-state index is 13.3. The summed E-state index contributed by atoms with van der Waals surface area (Å²) >= 11 is 0. The number of nitrogens with one attached hydrogen (secondary N) is 1. The minimum Gasteiger partial charge on any atom is -0.334 e. The van der Waals surface area contributed by atoms with Crippen molar-refractivity contribution in [1.82, 2.24) is 14.7 Å². The van der Waals surface area contributed by atoms with Crippen LogP contribution in [0.3, 0.4) is 0 Å². The largest absolute Gasteiger partial charge is 0.334 e. The van der Waals surface area contributed by atoms with Crippen LogP contribution in [0.25, 0.3) is 16.4 Å². The van der Waals surface area contributed by atoms with Crippen LogP contribution in [0.15, 0.2) is 103 Å². The first kappa shape index (κ1) is 18.9. The first-order valence-corrected chi connectivity index (χ1v) is 10.3. The van der Waals surface area contributed by atoms with Crippen LogP contribution in [0.5, 0.6) is 0 Å². The van der Waals surface area contributed by atoms with Gasteiger partial charge in [0.15, 0.2) is 0 Å². The molecule has 0 atom stereocenters. The van der Waals surface area contributed by atoms with Crippen LogP contribution in [0.1, 0.15) is 11.3 Å². The Labute approximate surface area is 180 Å². The van der Waals surface area contributed by atoms with Crippen LogP contribution in [0, 0.1) is 0 Å². The van der Waals surface area contributed by atoms with Crippen molar-refractivity contribution in [3.8, 4) is 0 Å². The number of benzene rings is 3. The molecular weight excluding hydrogens is 384 g/mol. The van der Waals surface area contributed by atoms with Crippen LogP contribution in [-0.2, 0) is 13.1 Å². The lowest BCUT2D eigenvalue weighted by Crippen LogP contribution is -2.39. The molecule has 0 bridgehead atoms. The normalized spacial score (nSPS) is 11.0. The summed E-state index contributed by atoms with van der Waals surface area (Å²) in [5.74, 6) is 0. The fourth-order valence-corrected chi connectivity index (χ4v) is 3.87. The molecule has 5 rings (SSSR count). The minimum absolute atomic E-state index is 0.148. The number of carbonyl (C=O) groups is 1. The van der Waals surface area contributed by atoms with Crippen molar-refractivity contribution >= 4 is 28.1 Å². The van der Waals surface area contributed by atoms with Gasteiger partial charge in [0.05, 0.1) is 18.4 Å². The van der Waals surface area contributed by atoms with Gasteiger partial charge < -0.3 is 9.72 Å². The molecule has 2 aromatic heterocycles. The van der Waals surface area contributed by atoms with Crippen LogP contribution in [0.2, 0.25) is 0 Å². The number of aromatic nitrogens is 2. The van der Waals surface area contributed by atoms with E-state index in [1.54, 1.807) is 4.90 Å². The molecule has 0 aliphatic rings. The Kier molecular flexibility index (Phi) is 5.07. The number of pyridine rings is 1. The van der Waals surface area contributed by atoms with Crippen LogP contribution < -0.4 is 10.2 Å². The van der Waals surface area contributed by atoms with E-state index >= 15 is 0 Å². The maximum absolute atomic E-state index is 13.3. The van der Waals surface area contributed by atoms with Gasteiger partial charge in [0.1, 0.15) is 5.65 Å². The molecule has 5 heteroatoms. The standard InChI is InChI=1S/C26H22N4O/c31-26(28-17-21-11-8-10-20-9-4-5-14-24(20)21)30(22-12-2-1-3-13-22)19-23-18-27-25-15-6-7-16-29(23)25/h1-16,18H,17,19H2,(H,28,31). The molecule has 0 aliphatic heterocycles. The minimum atomic E-state index is -0.148. The van der Waals surface area contributed by atoms with E-state index in [4.69, 9.17) is 0 Å². The summed E-state index contributed by atoms with van der Waals surface area (Å²) in [4.78, 5) is 19.5. The van der Waals surface area contributed by atoms with E-state index in [0.717, 1.165) is 28.0 Å². The lowest BCUT2D eigenvalue weighted by Gasteiger charge is -2.23. The summed E-state index contributed by atoms with van der Waals surface area (Å²) in [6, 6.07) is 29.8. The molecule has 0 fully saturated rings. The van der Waals surface area contributed by atoms with E-state index in [0.29, 0.717) is 13.1 Å². The highest BCUT2D eigenvalue weighted by molar-refractivity contribution is 5.92. The van der Waals surface area contributed by atoms with Gasteiger partial charge in [-0.1, -0.05) is 66.7 Å². The molecule has 0 saturated heterocycles. The Bertz CT molecular complexity index is 1340. The van der Waals surface area contributed by atoms with Crippen molar-refractivity contribution in [2.24, 2.45) is 0 Å². The lowest BCUT2D eigenvalue weighted by atomic mass is 10.0. The topological polar surface area (TPSA) is 49.6 Å². The van der Waals surface area contributed by atoms with E-state index < -0.39 is 0 Å². The van der Waals surface area contributed by atoms with Crippen molar-refractivity contribution in [3.63, 3.8) is 0 Å². The number of anilines is 1. The molecule has 152 valence electrons. The van der Waals surface area contributed by atoms with E-state index in [1.807, 2.05) is 83.5 Å². The molecule has 0 radical (unpaired) electrons. The van der Waals surface area contributed by atoms with Crippen LogP contribution >= 0.6 is 0 Å². The van der Waals surface area contributed by atoms with Gasteiger partial charge in [-0.3, -0.25) is 4.90 Å². The molecule has 5 aromatic rings. The fourth-order valence-electron chi connectivity index (χ4n) is 3.87. The van der Waals surface area contributed by atoms with Gasteiger partial charge in [0.2, 0.25) is 0 Å². The Balaban J connectivity index is 1.42. The molecule has 2 amide bonds. The predicted octanol–water partition coefficient (Wildman–Crippen LogP) is 5.40. The third-order valence-corrected chi connectivity index (χ3v) is 5.44. The number of fused-ring (bicyclic) bond motifs is 2. The van der Waals surface area contributed by atoms with Crippen LogP contribution in [-0.4, -0.2) is 15.4 Å². The number of hydrogen-bond acceptors (Lipinski definition) is 2. The third kappa shape index (κ3) is 3.85. The van der Waals surface area contributed by atoms with Gasteiger partial charge in [-0.2, -0.15) is 0 Å². The summed E-state index contributed by atoms with van der Waals surface area (Å²) < 4.78 is 2.01. The second-order valence-electron chi connectivity index (χ2n) is 7.40. The zero-order valence-electron chi connectivity index (χ0n) is 17.0. The SMILES string of the molecule is O=C(NCc1cccc2ccccc12)N(Cc1cnc2ccccn12)c1ccccc1. The summed E-state index contributed by atoms with van der Waals surface area (Å²) in [6.07, 6.45) is 3.79. The Hall–Kier alpha value is -4.12. The summed E-state index contributed by atoms with van der Waals surface area (Å²) in [5.41, 5.74) is 3.74. The van der Waals surface area contributed by atoms with Crippen molar-refractivity contribution in [1.29, 1.82) is 0 Å². The Morgan fingerprint density at radius 2 is 1.65 bits per heavy atom. The molecule has 0 aliphatic carbocycles. The first-order valence-electron chi connectivity index (χ1n) is 10.3. The first-order chi connectivity index (χ1) is 15.3. The van der Waals surface area contributed by atoms with Crippen molar-refractivity contribution < 1.29 is 4.79 Å². The quantitative estimate of drug-likeness (QED) is 0.425. The second kappa shape index (κ2) is 8.32. The number of hydrogen-bond donors (Lipinski definition) is 1. The molecule has 1 N–H and O–H groups in total. The van der Waals surface area contributed by atoms with Gasteiger partial charge in [-0.15, -0.1) is 0 Å². The number of amides is 2. The number of carbonyl (C=O) groups excluding carboxylic acids is 1. The van der Waals surface area contributed by atoms with Crippen molar-refractivity contribution in [2.75, 3.05) is 4.90 Å². The number of imidazole rings is 1. The predicted molar refractivity (Wildman–Crippen MR) is 124 cm³/mol. The van der Waals surface area contributed by atoms with E-state index in [-0.39, 0.29) is 6.03 Å². The number of nitrogens with zero attached hydrogens (tertiary/aromatic N) is 3. The Morgan fingerprint density at radius 1 is 0.871 bits per heavy atom. The van der Waals surface area contributed by atoms with Gasteiger partial charge in [-0.25, -0.2) is 9.78 Å². The average molecular weight is 406 g/mol. The third-order valence-electron chi connectivity index (χ3n) is 5.44. The van der Waals surface area contributed by atoms with E-state index in [9.17, 15) is 4.79 Å². The summed E-state index contributed by atoms with van der Waals surface area (Å²) in [5, 5.41) is 5.43. The molecule has 2 heterocycles. The monoisotopic (exact) mass is 406 g/mol. The highest BCUT2D eigenvalue weighted by Crippen LogP contribution is 2.20. The number of para-hydroxylation sites is 1. The number of urea groups is 1. The summed E-state index contributed by atoms with van der Waals surface area (Å²) in [6.45, 7) is 0.868. The smallest absolute Gasteiger partial charge is 0.322 e. The average Bonchev–Trinajstić information content (AvgIpc) is 3.24. The molecule has 3 aromatic carbocycles. The van der Waals surface area contributed by atoms with Gasteiger partial charge >= 0.3 is 6.03 Å². The second-order valence-corrected chi connectivity index (χ2v) is 7.40. The number of rotatable bonds is 5. The van der Waals surface area contributed by atoms with Crippen molar-refractivity contribution in [3.05, 3.63) is 115 Å². The summed E-state index contributed by atoms with van der Waals surface area (Å²) in [7, 11) is 0. The zero-order chi connectivity index (χ0) is 21.0. The molecule has 0 spiro atoms. The van der Waals surface area contributed by atoms with E-state index in [1.165, 1.54) is 5.39 Å². The van der Waals surface area contributed by atoms with Crippen molar-refractivity contribution in [2.45, 2.75) is 13.1 Å². The van der Waals surface area contributed by atoms with Gasteiger partial charge in [-0.05, 0) is 40.6 Å². The van der Waals surface area contributed by atoms with Gasteiger partial charge in [0, 0.05) is 18.4 Å². The molecule has 31 heavy (non-hydrogen) atoms. The highest BCUT2D eigenvalue weighted by Gasteiger charge is 2.18. The zero-order valence-corrected chi connectivity index (χ0v) is 17.0.